The number of carboxylic acid groups (broad SMARTS) is 1. The minimum Gasteiger partial charge on any atom is -0.475 e. The van der Waals surface area contributed by atoms with Crippen molar-refractivity contribution in [3.05, 3.63) is 16.8 Å². The quantitative estimate of drug-likeness (QED) is 0.800. The first kappa shape index (κ1) is 9.66. The van der Waals surface area contributed by atoms with E-state index in [-0.39, 0.29) is 11.7 Å². The molecule has 0 spiro atoms. The van der Waals surface area contributed by atoms with Gasteiger partial charge in [0.2, 0.25) is 0 Å². The molecule has 0 unspecified atom stereocenters. The lowest BCUT2D eigenvalue weighted by Crippen LogP contribution is -1.98. The van der Waals surface area contributed by atoms with Crippen molar-refractivity contribution in [3.8, 4) is 10.8 Å². The van der Waals surface area contributed by atoms with E-state index in [1.807, 2.05) is 12.3 Å². The molecule has 0 atom stereocenters. The number of thiophene rings is 1. The Hall–Kier alpha value is -1.89. The van der Waals surface area contributed by atoms with Crippen molar-refractivity contribution < 1.29 is 14.4 Å². The van der Waals surface area contributed by atoms with Gasteiger partial charge in [0.05, 0.1) is 5.69 Å². The van der Waals surface area contributed by atoms with Crippen LogP contribution < -0.4 is 5.73 Å². The molecule has 0 aliphatic carbocycles. The molecular weight excluding hydrogens is 218 g/mol. The molecule has 0 aliphatic heterocycles. The summed E-state index contributed by atoms with van der Waals surface area (Å²) in [6.07, 6.45) is 0. The van der Waals surface area contributed by atoms with Crippen LogP contribution in [0.3, 0.4) is 0 Å². The van der Waals surface area contributed by atoms with Crippen molar-refractivity contribution >= 4 is 23.0 Å². The Kier molecular flexibility index (Phi) is 2.16. The lowest BCUT2D eigenvalue weighted by atomic mass is 10.3. The second kappa shape index (κ2) is 3.35. The van der Waals surface area contributed by atoms with Gasteiger partial charge in [-0.3, -0.25) is 0 Å². The summed E-state index contributed by atoms with van der Waals surface area (Å²) in [5.74, 6) is -1.45. The Morgan fingerprint density at radius 1 is 1.67 bits per heavy atom. The molecule has 6 nitrogen and oxygen atoms in total. The molecule has 0 amide bonds. The Morgan fingerprint density at radius 3 is 2.87 bits per heavy atom. The molecule has 2 rings (SSSR count). The minimum absolute atomic E-state index is 0.142. The topological polar surface area (TPSA) is 102 Å². The predicted octanol–water partition coefficient (Wildman–Crippen LogP) is 1.39. The first-order chi connectivity index (χ1) is 7.09. The van der Waals surface area contributed by atoms with Gasteiger partial charge in [0.25, 0.3) is 11.7 Å². The Labute approximate surface area is 88.3 Å². The van der Waals surface area contributed by atoms with Gasteiger partial charge in [-0.25, -0.2) is 4.79 Å². The zero-order valence-electron chi connectivity index (χ0n) is 7.72. The van der Waals surface area contributed by atoms with E-state index in [1.54, 1.807) is 0 Å². The Bertz CT molecular complexity index is 517. The van der Waals surface area contributed by atoms with Crippen LogP contribution in [0.1, 0.15) is 16.2 Å². The molecule has 0 aliphatic rings. The zero-order valence-corrected chi connectivity index (χ0v) is 8.54. The highest BCUT2D eigenvalue weighted by molar-refractivity contribution is 7.14. The lowest BCUT2D eigenvalue weighted by molar-refractivity contribution is 0.0680. The molecule has 0 bridgehead atoms. The fraction of sp³-hybridized carbons (Fsp3) is 0.125. The maximum absolute atomic E-state index is 10.5. The van der Waals surface area contributed by atoms with E-state index >= 15 is 0 Å². The monoisotopic (exact) mass is 225 g/mol. The summed E-state index contributed by atoms with van der Waals surface area (Å²) in [5, 5.41) is 13.8. The van der Waals surface area contributed by atoms with Crippen LogP contribution in [0.4, 0.5) is 5.69 Å². The van der Waals surface area contributed by atoms with Gasteiger partial charge >= 0.3 is 5.97 Å². The molecule has 7 heteroatoms. The van der Waals surface area contributed by atoms with Gasteiger partial charge in [0.15, 0.2) is 0 Å². The molecule has 2 heterocycles. The third-order valence-corrected chi connectivity index (χ3v) is 2.94. The van der Waals surface area contributed by atoms with E-state index in [4.69, 9.17) is 15.4 Å². The van der Waals surface area contributed by atoms with Crippen LogP contribution in [0.2, 0.25) is 0 Å². The molecule has 0 saturated carbocycles. The second-order valence-electron chi connectivity index (χ2n) is 2.89. The lowest BCUT2D eigenvalue weighted by Gasteiger charge is -1.91. The van der Waals surface area contributed by atoms with Gasteiger partial charge in [-0.15, -0.1) is 11.3 Å². The first-order valence-electron chi connectivity index (χ1n) is 4.00. The van der Waals surface area contributed by atoms with Crippen LogP contribution in [0.25, 0.3) is 10.8 Å². The van der Waals surface area contributed by atoms with Crippen molar-refractivity contribution in [1.82, 2.24) is 10.1 Å². The summed E-state index contributed by atoms with van der Waals surface area (Å²) in [5.41, 5.74) is 7.20. The molecule has 15 heavy (non-hydrogen) atoms. The SMILES string of the molecule is Cc1csc(-c2nc(C(=O)O)no2)c1N. The molecular formula is C8H7N3O3S. The number of hydrogen-bond acceptors (Lipinski definition) is 6. The van der Waals surface area contributed by atoms with E-state index < -0.39 is 5.97 Å². The van der Waals surface area contributed by atoms with E-state index in [0.717, 1.165) is 5.56 Å². The summed E-state index contributed by atoms with van der Waals surface area (Å²) in [6.45, 7) is 1.85. The normalized spacial score (nSPS) is 10.5. The molecule has 0 saturated heterocycles. The molecule has 2 aromatic heterocycles. The number of nitrogen functional groups attached to an aromatic ring is 1. The number of rotatable bonds is 2. The largest absolute Gasteiger partial charge is 0.475 e. The van der Waals surface area contributed by atoms with Crippen LogP contribution in [0.15, 0.2) is 9.90 Å². The number of aromatic nitrogens is 2. The summed E-state index contributed by atoms with van der Waals surface area (Å²) in [4.78, 5) is 14.8. The molecule has 78 valence electrons. The van der Waals surface area contributed by atoms with Crippen LogP contribution in [-0.4, -0.2) is 21.2 Å². The highest BCUT2D eigenvalue weighted by Gasteiger charge is 2.18. The summed E-state index contributed by atoms with van der Waals surface area (Å²) in [6, 6.07) is 0. The van der Waals surface area contributed by atoms with Gasteiger partial charge in [-0.1, -0.05) is 0 Å². The number of aromatic carboxylic acids is 1. The molecule has 0 aromatic carbocycles. The third-order valence-electron chi connectivity index (χ3n) is 1.83. The van der Waals surface area contributed by atoms with E-state index in [2.05, 4.69) is 10.1 Å². The fourth-order valence-electron chi connectivity index (χ4n) is 1.02. The number of carbonyl (C=O) groups is 1. The van der Waals surface area contributed by atoms with E-state index in [9.17, 15) is 4.79 Å². The standard InChI is InChI=1S/C8H7N3O3S/c1-3-2-15-5(4(3)9)7-10-6(8(12)13)11-14-7/h2H,9H2,1H3,(H,12,13). The van der Waals surface area contributed by atoms with Crippen LogP contribution in [-0.2, 0) is 0 Å². The van der Waals surface area contributed by atoms with Gasteiger partial charge < -0.3 is 15.4 Å². The smallest absolute Gasteiger partial charge is 0.377 e. The van der Waals surface area contributed by atoms with Crippen molar-refractivity contribution in [2.45, 2.75) is 6.92 Å². The average Bonchev–Trinajstić information content (AvgIpc) is 2.76. The summed E-state index contributed by atoms with van der Waals surface area (Å²) >= 11 is 1.34. The number of hydrogen-bond donors (Lipinski definition) is 2. The van der Waals surface area contributed by atoms with Crippen LogP contribution in [0.5, 0.6) is 0 Å². The first-order valence-corrected chi connectivity index (χ1v) is 4.88. The second-order valence-corrected chi connectivity index (χ2v) is 3.77. The molecule has 0 radical (unpaired) electrons. The maximum atomic E-state index is 10.5. The maximum Gasteiger partial charge on any atom is 0.377 e. The Balaban J connectivity index is 2.46. The van der Waals surface area contributed by atoms with Crippen LogP contribution in [0, 0.1) is 6.92 Å². The minimum atomic E-state index is -1.23. The van der Waals surface area contributed by atoms with Crippen molar-refractivity contribution in [1.29, 1.82) is 0 Å². The van der Waals surface area contributed by atoms with Crippen molar-refractivity contribution in [2.24, 2.45) is 0 Å². The average molecular weight is 225 g/mol. The van der Waals surface area contributed by atoms with Gasteiger partial charge in [-0.05, 0) is 23.0 Å². The summed E-state index contributed by atoms with van der Waals surface area (Å²) in [7, 11) is 0. The van der Waals surface area contributed by atoms with Gasteiger partial charge in [-0.2, -0.15) is 4.98 Å². The van der Waals surface area contributed by atoms with Crippen LogP contribution >= 0.6 is 11.3 Å². The predicted molar refractivity (Wildman–Crippen MR) is 53.7 cm³/mol. The number of carboxylic acids is 1. The fourth-order valence-corrected chi connectivity index (χ4v) is 1.91. The van der Waals surface area contributed by atoms with Gasteiger partial charge in [0, 0.05) is 0 Å². The number of nitrogens with zero attached hydrogens (tertiary/aromatic N) is 2. The summed E-state index contributed by atoms with van der Waals surface area (Å²) < 4.78 is 4.79. The van der Waals surface area contributed by atoms with Gasteiger partial charge in [0.1, 0.15) is 4.88 Å². The highest BCUT2D eigenvalue weighted by atomic mass is 32.1. The number of aryl methyl sites for hydroxylation is 1. The molecule has 3 N–H and O–H groups in total. The zero-order chi connectivity index (χ0) is 11.0. The van der Waals surface area contributed by atoms with Crippen molar-refractivity contribution in [2.75, 3.05) is 5.73 Å². The number of anilines is 1. The molecule has 0 fully saturated rings. The highest BCUT2D eigenvalue weighted by Crippen LogP contribution is 2.33. The number of nitrogens with two attached hydrogens (primary N) is 1. The molecule has 2 aromatic rings. The third kappa shape index (κ3) is 1.57. The Morgan fingerprint density at radius 2 is 2.40 bits per heavy atom. The van der Waals surface area contributed by atoms with E-state index in [1.165, 1.54) is 11.3 Å². The van der Waals surface area contributed by atoms with Crippen molar-refractivity contribution in [3.63, 3.8) is 0 Å². The van der Waals surface area contributed by atoms with E-state index in [0.29, 0.717) is 10.6 Å².